The molecule has 0 saturated heterocycles. The van der Waals surface area contributed by atoms with Crippen LogP contribution >= 0.6 is 0 Å². The molecule has 0 aliphatic carbocycles. The minimum atomic E-state index is 0.132. The topological polar surface area (TPSA) is 60.5 Å². The predicted molar refractivity (Wildman–Crippen MR) is 48.1 cm³/mol. The molecule has 0 saturated carbocycles. The molecule has 1 aromatic heterocycles. The van der Waals surface area contributed by atoms with Gasteiger partial charge in [-0.15, -0.1) is 0 Å². The van der Waals surface area contributed by atoms with E-state index in [-0.39, 0.29) is 5.57 Å². The van der Waals surface area contributed by atoms with Gasteiger partial charge in [0.05, 0.1) is 0 Å². The van der Waals surface area contributed by atoms with Gasteiger partial charge in [0.15, 0.2) is 0 Å². The molecule has 0 N–H and O–H groups in total. The maximum Gasteiger partial charge on any atom is 0.133 e. The molecule has 0 aliphatic heterocycles. The van der Waals surface area contributed by atoms with Crippen LogP contribution in [0.5, 0.6) is 0 Å². The lowest BCUT2D eigenvalue weighted by Gasteiger charge is -1.98. The van der Waals surface area contributed by atoms with Crippen LogP contribution in [-0.2, 0) is 0 Å². The van der Waals surface area contributed by atoms with E-state index < -0.39 is 0 Å². The molecule has 3 nitrogen and oxygen atoms in total. The van der Waals surface area contributed by atoms with Crippen LogP contribution in [0.2, 0.25) is 0 Å². The van der Waals surface area contributed by atoms with Gasteiger partial charge in [0.2, 0.25) is 0 Å². The Bertz CT molecular complexity index is 388. The van der Waals surface area contributed by atoms with Gasteiger partial charge in [-0.05, 0) is 24.1 Å². The van der Waals surface area contributed by atoms with Gasteiger partial charge in [0, 0.05) is 12.4 Å². The highest BCUT2D eigenvalue weighted by Crippen LogP contribution is 2.15. The Kier molecular flexibility index (Phi) is 2.78. The average Bonchev–Trinajstić information content (AvgIpc) is 2.21. The van der Waals surface area contributed by atoms with E-state index in [0.717, 1.165) is 5.56 Å². The van der Waals surface area contributed by atoms with Crippen LogP contribution in [0, 0.1) is 22.7 Å². The van der Waals surface area contributed by atoms with Crippen molar-refractivity contribution in [2.24, 2.45) is 0 Å². The number of rotatable bonds is 1. The van der Waals surface area contributed by atoms with Gasteiger partial charge in [-0.25, -0.2) is 0 Å². The van der Waals surface area contributed by atoms with Crippen LogP contribution in [0.4, 0.5) is 0 Å². The molecule has 62 valence electrons. The summed E-state index contributed by atoms with van der Waals surface area (Å²) in [6, 6.07) is 7.27. The third-order valence-electron chi connectivity index (χ3n) is 1.69. The standard InChI is InChI=1S/C10H7N3/c1-8(10(5-11)6-12)9-3-2-4-13-7-9/h2-4,7H,1H3. The Morgan fingerprint density at radius 2 is 2.08 bits per heavy atom. The number of allylic oxidation sites excluding steroid dienone is 2. The molecule has 0 aromatic carbocycles. The zero-order chi connectivity index (χ0) is 9.68. The lowest BCUT2D eigenvalue weighted by molar-refractivity contribution is 1.30. The van der Waals surface area contributed by atoms with Gasteiger partial charge in [-0.3, -0.25) is 4.98 Å². The van der Waals surface area contributed by atoms with E-state index in [1.54, 1.807) is 25.4 Å². The van der Waals surface area contributed by atoms with Crippen LogP contribution in [0.3, 0.4) is 0 Å². The zero-order valence-corrected chi connectivity index (χ0v) is 7.15. The second-order valence-corrected chi connectivity index (χ2v) is 2.47. The van der Waals surface area contributed by atoms with Crippen molar-refractivity contribution in [3.8, 4) is 12.1 Å². The molecule has 1 heterocycles. The third-order valence-corrected chi connectivity index (χ3v) is 1.69. The quantitative estimate of drug-likeness (QED) is 0.603. The first-order valence-corrected chi connectivity index (χ1v) is 3.71. The zero-order valence-electron chi connectivity index (χ0n) is 7.15. The first-order valence-electron chi connectivity index (χ1n) is 3.71. The van der Waals surface area contributed by atoms with E-state index in [9.17, 15) is 0 Å². The van der Waals surface area contributed by atoms with Crippen LogP contribution in [0.15, 0.2) is 30.1 Å². The fourth-order valence-corrected chi connectivity index (χ4v) is 0.922. The molecular formula is C10H7N3. The van der Waals surface area contributed by atoms with Crippen LogP contribution in [0.25, 0.3) is 5.57 Å². The van der Waals surface area contributed by atoms with E-state index in [1.807, 2.05) is 18.2 Å². The highest BCUT2D eigenvalue weighted by atomic mass is 14.6. The summed E-state index contributed by atoms with van der Waals surface area (Å²) in [4.78, 5) is 3.90. The molecule has 0 unspecified atom stereocenters. The van der Waals surface area contributed by atoms with Crippen molar-refractivity contribution in [1.29, 1.82) is 10.5 Å². The summed E-state index contributed by atoms with van der Waals surface area (Å²) in [6.07, 6.45) is 3.28. The van der Waals surface area contributed by atoms with E-state index in [2.05, 4.69) is 4.98 Å². The average molecular weight is 169 g/mol. The van der Waals surface area contributed by atoms with E-state index in [0.29, 0.717) is 5.57 Å². The normalized spacial score (nSPS) is 8.23. The molecule has 1 rings (SSSR count). The molecule has 1 aromatic rings. The molecule has 0 aliphatic rings. The van der Waals surface area contributed by atoms with Crippen LogP contribution in [0.1, 0.15) is 12.5 Å². The van der Waals surface area contributed by atoms with E-state index in [1.165, 1.54) is 0 Å². The Hall–Kier alpha value is -2.13. The summed E-state index contributed by atoms with van der Waals surface area (Å²) < 4.78 is 0. The van der Waals surface area contributed by atoms with Gasteiger partial charge >= 0.3 is 0 Å². The molecule has 0 radical (unpaired) electrons. The Morgan fingerprint density at radius 1 is 1.38 bits per heavy atom. The molecular weight excluding hydrogens is 162 g/mol. The lowest BCUT2D eigenvalue weighted by atomic mass is 10.1. The highest BCUT2D eigenvalue weighted by Gasteiger charge is 2.02. The van der Waals surface area contributed by atoms with Gasteiger partial charge in [0.25, 0.3) is 0 Å². The molecule has 3 heteroatoms. The van der Waals surface area contributed by atoms with Crippen LogP contribution in [-0.4, -0.2) is 4.98 Å². The number of hydrogen-bond donors (Lipinski definition) is 0. The largest absolute Gasteiger partial charge is 0.264 e. The van der Waals surface area contributed by atoms with Crippen molar-refractivity contribution < 1.29 is 0 Å². The Morgan fingerprint density at radius 3 is 2.54 bits per heavy atom. The summed E-state index contributed by atoms with van der Waals surface area (Å²) in [6.45, 7) is 1.73. The summed E-state index contributed by atoms with van der Waals surface area (Å²) in [5, 5.41) is 17.2. The highest BCUT2D eigenvalue weighted by molar-refractivity contribution is 5.73. The number of nitrogens with zero attached hydrogens (tertiary/aromatic N) is 3. The first-order chi connectivity index (χ1) is 6.29. The van der Waals surface area contributed by atoms with Gasteiger partial charge < -0.3 is 0 Å². The minimum Gasteiger partial charge on any atom is -0.264 e. The second-order valence-electron chi connectivity index (χ2n) is 2.47. The summed E-state index contributed by atoms with van der Waals surface area (Å²) in [5.74, 6) is 0. The van der Waals surface area contributed by atoms with Crippen LogP contribution < -0.4 is 0 Å². The molecule has 0 amide bonds. The summed E-state index contributed by atoms with van der Waals surface area (Å²) in [5.41, 5.74) is 1.60. The fourth-order valence-electron chi connectivity index (χ4n) is 0.922. The van der Waals surface area contributed by atoms with E-state index in [4.69, 9.17) is 10.5 Å². The maximum absolute atomic E-state index is 8.61. The van der Waals surface area contributed by atoms with E-state index >= 15 is 0 Å². The molecule has 13 heavy (non-hydrogen) atoms. The van der Waals surface area contributed by atoms with Crippen molar-refractivity contribution in [1.82, 2.24) is 4.98 Å². The van der Waals surface area contributed by atoms with Crippen molar-refractivity contribution in [2.45, 2.75) is 6.92 Å². The maximum atomic E-state index is 8.61. The van der Waals surface area contributed by atoms with Gasteiger partial charge in [-0.1, -0.05) is 6.07 Å². The number of hydrogen-bond acceptors (Lipinski definition) is 3. The Balaban J connectivity index is 3.21. The van der Waals surface area contributed by atoms with Crippen molar-refractivity contribution in [2.75, 3.05) is 0 Å². The summed E-state index contributed by atoms with van der Waals surface area (Å²) >= 11 is 0. The Labute approximate surface area is 76.6 Å². The lowest BCUT2D eigenvalue weighted by Crippen LogP contribution is -1.85. The molecule has 0 spiro atoms. The monoisotopic (exact) mass is 169 g/mol. The molecule has 0 bridgehead atoms. The SMILES string of the molecule is CC(=C(C#N)C#N)c1cccnc1. The fraction of sp³-hybridized carbons (Fsp3) is 0.100. The third kappa shape index (κ3) is 1.91. The van der Waals surface area contributed by atoms with Crippen molar-refractivity contribution in [3.05, 3.63) is 35.7 Å². The second kappa shape index (κ2) is 4.04. The summed E-state index contributed by atoms with van der Waals surface area (Å²) in [7, 11) is 0. The number of nitriles is 2. The van der Waals surface area contributed by atoms with Gasteiger partial charge in [-0.2, -0.15) is 10.5 Å². The first kappa shape index (κ1) is 8.96. The molecule has 0 fully saturated rings. The number of aromatic nitrogens is 1. The smallest absolute Gasteiger partial charge is 0.133 e. The van der Waals surface area contributed by atoms with Crippen molar-refractivity contribution in [3.63, 3.8) is 0 Å². The predicted octanol–water partition coefficient (Wildman–Crippen LogP) is 1.90. The van der Waals surface area contributed by atoms with Gasteiger partial charge in [0.1, 0.15) is 17.7 Å². The molecule has 0 atom stereocenters. The van der Waals surface area contributed by atoms with Crippen molar-refractivity contribution >= 4 is 5.57 Å². The minimum absolute atomic E-state index is 0.132. The number of pyridine rings is 1.